The minimum absolute atomic E-state index is 0.0589. The highest BCUT2D eigenvalue weighted by molar-refractivity contribution is 5.79. The molecule has 1 N–H and O–H groups in total. The number of carbonyl (C=O) groups is 2. The molecule has 1 fully saturated rings. The molecule has 1 aromatic carbocycles. The van der Waals surface area contributed by atoms with Crippen molar-refractivity contribution in [3.63, 3.8) is 0 Å². The highest BCUT2D eigenvalue weighted by atomic mass is 16.5. The Balaban J connectivity index is 1.78. The van der Waals surface area contributed by atoms with E-state index in [1.165, 1.54) is 18.2 Å². The minimum atomic E-state index is -0.289. The quantitative estimate of drug-likeness (QED) is 0.928. The van der Waals surface area contributed by atoms with Gasteiger partial charge in [0.05, 0.1) is 7.11 Å². The first-order valence-electron chi connectivity index (χ1n) is 8.18. The topological polar surface area (TPSA) is 58.6 Å². The largest absolute Gasteiger partial charge is 0.453 e. The molecule has 23 heavy (non-hydrogen) atoms. The van der Waals surface area contributed by atoms with Crippen molar-refractivity contribution in [2.24, 2.45) is 5.92 Å². The molecule has 126 valence electrons. The van der Waals surface area contributed by atoms with Crippen LogP contribution in [-0.2, 0) is 16.0 Å². The fraction of sp³-hybridized carbons (Fsp3) is 0.556. The Kier molecular flexibility index (Phi) is 6.02. The Morgan fingerprint density at radius 2 is 1.87 bits per heavy atom. The Labute approximate surface area is 138 Å². The molecule has 0 bridgehead atoms. The van der Waals surface area contributed by atoms with Gasteiger partial charge < -0.3 is 15.0 Å². The summed E-state index contributed by atoms with van der Waals surface area (Å²) in [5.41, 5.74) is 2.40. The molecule has 0 aliphatic carbocycles. The summed E-state index contributed by atoms with van der Waals surface area (Å²) in [6, 6.07) is 8.44. The van der Waals surface area contributed by atoms with Gasteiger partial charge in [-0.25, -0.2) is 4.79 Å². The van der Waals surface area contributed by atoms with Crippen LogP contribution in [0.15, 0.2) is 24.3 Å². The van der Waals surface area contributed by atoms with E-state index in [2.05, 4.69) is 36.5 Å². The number of likely N-dealkylation sites (tertiary alicyclic amines) is 1. The monoisotopic (exact) mass is 318 g/mol. The van der Waals surface area contributed by atoms with Crippen molar-refractivity contribution >= 4 is 12.0 Å². The average Bonchev–Trinajstić information content (AvgIpc) is 2.56. The number of ether oxygens (including phenoxy) is 1. The zero-order valence-corrected chi connectivity index (χ0v) is 14.2. The first kappa shape index (κ1) is 17.3. The summed E-state index contributed by atoms with van der Waals surface area (Å²) in [4.78, 5) is 25.5. The summed E-state index contributed by atoms with van der Waals surface area (Å²) in [5, 5.41) is 3.11. The second-order valence-electron chi connectivity index (χ2n) is 6.33. The number of rotatable bonds is 4. The number of amides is 2. The second kappa shape index (κ2) is 7.99. The lowest BCUT2D eigenvalue weighted by Crippen LogP contribution is -2.47. The maximum atomic E-state index is 12.3. The predicted molar refractivity (Wildman–Crippen MR) is 89.2 cm³/mol. The Morgan fingerprint density at radius 3 is 2.43 bits per heavy atom. The van der Waals surface area contributed by atoms with Gasteiger partial charge in [-0.1, -0.05) is 36.8 Å². The molecule has 0 saturated carbocycles. The first-order valence-corrected chi connectivity index (χ1v) is 8.18. The van der Waals surface area contributed by atoms with Crippen molar-refractivity contribution in [2.45, 2.75) is 39.2 Å². The number of carbonyl (C=O) groups excluding carboxylic acids is 2. The maximum Gasteiger partial charge on any atom is 0.409 e. The molecule has 1 aromatic rings. The van der Waals surface area contributed by atoms with E-state index < -0.39 is 0 Å². The molecule has 1 heterocycles. The SMILES string of the molecule is COC(=O)N1CCC(NC(=O)[C@@H](C)Cc2ccc(C)cc2)CC1. The highest BCUT2D eigenvalue weighted by Crippen LogP contribution is 2.14. The van der Waals surface area contributed by atoms with Gasteiger partial charge in [0.25, 0.3) is 0 Å². The molecule has 5 heteroatoms. The lowest BCUT2D eigenvalue weighted by Gasteiger charge is -2.31. The zero-order chi connectivity index (χ0) is 16.8. The average molecular weight is 318 g/mol. The summed E-state index contributed by atoms with van der Waals surface area (Å²) in [6.07, 6.45) is 2.01. The van der Waals surface area contributed by atoms with E-state index in [9.17, 15) is 9.59 Å². The maximum absolute atomic E-state index is 12.3. The van der Waals surface area contributed by atoms with Crippen LogP contribution in [0.25, 0.3) is 0 Å². The van der Waals surface area contributed by atoms with E-state index in [4.69, 9.17) is 4.74 Å². The molecule has 0 spiro atoms. The molecule has 2 amide bonds. The van der Waals surface area contributed by atoms with Crippen LogP contribution < -0.4 is 5.32 Å². The Hall–Kier alpha value is -2.04. The van der Waals surface area contributed by atoms with Crippen molar-refractivity contribution in [1.82, 2.24) is 10.2 Å². The van der Waals surface area contributed by atoms with Gasteiger partial charge in [-0.3, -0.25) is 4.79 Å². The van der Waals surface area contributed by atoms with E-state index in [1.54, 1.807) is 4.90 Å². The highest BCUT2D eigenvalue weighted by Gasteiger charge is 2.25. The summed E-state index contributed by atoms with van der Waals surface area (Å²) in [5.74, 6) is 0.0263. The van der Waals surface area contributed by atoms with Crippen molar-refractivity contribution in [3.05, 3.63) is 35.4 Å². The molecular formula is C18H26N2O3. The Morgan fingerprint density at radius 1 is 1.26 bits per heavy atom. The van der Waals surface area contributed by atoms with Crippen LogP contribution in [0.1, 0.15) is 30.9 Å². The van der Waals surface area contributed by atoms with E-state index in [1.807, 2.05) is 6.92 Å². The summed E-state index contributed by atoms with van der Waals surface area (Å²) < 4.78 is 4.72. The van der Waals surface area contributed by atoms with E-state index in [0.29, 0.717) is 13.1 Å². The number of methoxy groups -OCH3 is 1. The molecule has 1 saturated heterocycles. The van der Waals surface area contributed by atoms with Crippen LogP contribution in [-0.4, -0.2) is 43.1 Å². The van der Waals surface area contributed by atoms with Crippen molar-refractivity contribution in [3.8, 4) is 0 Å². The van der Waals surface area contributed by atoms with Crippen LogP contribution in [0.4, 0.5) is 4.79 Å². The number of benzene rings is 1. The van der Waals surface area contributed by atoms with Gasteiger partial charge in [0, 0.05) is 25.0 Å². The molecule has 5 nitrogen and oxygen atoms in total. The normalized spacial score (nSPS) is 16.7. The molecular weight excluding hydrogens is 292 g/mol. The zero-order valence-electron chi connectivity index (χ0n) is 14.2. The number of piperidine rings is 1. The smallest absolute Gasteiger partial charge is 0.409 e. The van der Waals surface area contributed by atoms with Crippen LogP contribution in [0.3, 0.4) is 0 Å². The van der Waals surface area contributed by atoms with Gasteiger partial charge in [-0.15, -0.1) is 0 Å². The number of hydrogen-bond acceptors (Lipinski definition) is 3. The molecule has 1 aliphatic rings. The lowest BCUT2D eigenvalue weighted by atomic mass is 9.98. The van der Waals surface area contributed by atoms with E-state index in [0.717, 1.165) is 19.3 Å². The minimum Gasteiger partial charge on any atom is -0.453 e. The third kappa shape index (κ3) is 4.98. The molecule has 0 aromatic heterocycles. The van der Waals surface area contributed by atoms with Crippen LogP contribution in [0, 0.1) is 12.8 Å². The van der Waals surface area contributed by atoms with Crippen molar-refractivity contribution < 1.29 is 14.3 Å². The second-order valence-corrected chi connectivity index (χ2v) is 6.33. The van der Waals surface area contributed by atoms with Crippen LogP contribution in [0.2, 0.25) is 0 Å². The van der Waals surface area contributed by atoms with Gasteiger partial charge >= 0.3 is 6.09 Å². The predicted octanol–water partition coefficient (Wildman–Crippen LogP) is 2.52. The third-order valence-electron chi connectivity index (χ3n) is 4.38. The third-order valence-corrected chi connectivity index (χ3v) is 4.38. The number of nitrogens with zero attached hydrogens (tertiary/aromatic N) is 1. The van der Waals surface area contributed by atoms with Crippen LogP contribution >= 0.6 is 0 Å². The molecule has 0 radical (unpaired) electrons. The van der Waals surface area contributed by atoms with Gasteiger partial charge in [-0.2, -0.15) is 0 Å². The number of hydrogen-bond donors (Lipinski definition) is 1. The van der Waals surface area contributed by atoms with Gasteiger partial charge in [0.2, 0.25) is 5.91 Å². The standard InChI is InChI=1S/C18H26N2O3/c1-13-4-6-15(7-5-13)12-14(2)17(21)19-16-8-10-20(11-9-16)18(22)23-3/h4-7,14,16H,8-12H2,1-3H3,(H,19,21)/t14-/m0/s1. The van der Waals surface area contributed by atoms with Gasteiger partial charge in [-0.05, 0) is 31.7 Å². The number of nitrogens with one attached hydrogen (secondary N) is 1. The van der Waals surface area contributed by atoms with Crippen LogP contribution in [0.5, 0.6) is 0 Å². The summed E-state index contributed by atoms with van der Waals surface area (Å²) in [7, 11) is 1.39. The summed E-state index contributed by atoms with van der Waals surface area (Å²) >= 11 is 0. The fourth-order valence-corrected chi connectivity index (χ4v) is 2.85. The van der Waals surface area contributed by atoms with E-state index >= 15 is 0 Å². The van der Waals surface area contributed by atoms with Gasteiger partial charge in [0.15, 0.2) is 0 Å². The lowest BCUT2D eigenvalue weighted by molar-refractivity contribution is -0.125. The first-order chi connectivity index (χ1) is 11.0. The van der Waals surface area contributed by atoms with E-state index in [-0.39, 0.29) is 24.0 Å². The van der Waals surface area contributed by atoms with Crippen molar-refractivity contribution in [1.29, 1.82) is 0 Å². The molecule has 1 aliphatic heterocycles. The Bertz CT molecular complexity index is 534. The fourth-order valence-electron chi connectivity index (χ4n) is 2.85. The molecule has 1 atom stereocenters. The molecule has 2 rings (SSSR count). The van der Waals surface area contributed by atoms with Gasteiger partial charge in [0.1, 0.15) is 0 Å². The van der Waals surface area contributed by atoms with Crippen molar-refractivity contribution in [2.75, 3.05) is 20.2 Å². The molecule has 0 unspecified atom stereocenters. The number of aryl methyl sites for hydroxylation is 1. The summed E-state index contributed by atoms with van der Waals surface area (Å²) in [6.45, 7) is 5.27.